The lowest BCUT2D eigenvalue weighted by atomic mass is 10.0. The molecule has 0 aliphatic rings. The van der Waals surface area contributed by atoms with Crippen LogP contribution in [-0.2, 0) is 16.0 Å². The third-order valence-electron chi connectivity index (χ3n) is 3.35. The first kappa shape index (κ1) is 17.4. The van der Waals surface area contributed by atoms with Gasteiger partial charge in [-0.15, -0.1) is 0 Å². The van der Waals surface area contributed by atoms with E-state index in [0.717, 1.165) is 9.13 Å². The molecule has 6 heteroatoms. The Kier molecular flexibility index (Phi) is 6.12. The zero-order chi connectivity index (χ0) is 16.8. The molecule has 0 unspecified atom stereocenters. The van der Waals surface area contributed by atoms with Crippen LogP contribution in [0.2, 0.25) is 0 Å². The number of benzene rings is 2. The van der Waals surface area contributed by atoms with E-state index in [9.17, 15) is 14.7 Å². The van der Waals surface area contributed by atoms with Crippen molar-refractivity contribution in [1.82, 2.24) is 5.32 Å². The van der Waals surface area contributed by atoms with E-state index in [1.54, 1.807) is 30.3 Å². The number of carbonyl (C=O) groups excluding carboxylic acids is 2. The van der Waals surface area contributed by atoms with Crippen molar-refractivity contribution in [3.63, 3.8) is 0 Å². The van der Waals surface area contributed by atoms with E-state index < -0.39 is 24.0 Å². The Morgan fingerprint density at radius 3 is 2.43 bits per heavy atom. The summed E-state index contributed by atoms with van der Waals surface area (Å²) in [5, 5.41) is 12.6. The number of rotatable bonds is 6. The van der Waals surface area contributed by atoms with Crippen molar-refractivity contribution < 1.29 is 14.7 Å². The maximum atomic E-state index is 12.1. The number of halogens is 1. The fraction of sp³-hybridized carbons (Fsp3) is 0.176. The maximum Gasteiger partial charge on any atom is 0.254 e. The minimum Gasteiger partial charge on any atom is -0.378 e. The Hall–Kier alpha value is -1.93. The van der Waals surface area contributed by atoms with E-state index in [1.807, 2.05) is 24.3 Å². The molecule has 2 aromatic rings. The fourth-order valence-corrected chi connectivity index (χ4v) is 2.77. The molecular formula is C17H17IN2O3. The molecule has 0 saturated heterocycles. The van der Waals surface area contributed by atoms with Crippen molar-refractivity contribution in [2.45, 2.75) is 18.6 Å². The second kappa shape index (κ2) is 8.07. The fourth-order valence-electron chi connectivity index (χ4n) is 2.16. The molecule has 0 radical (unpaired) electrons. The first-order chi connectivity index (χ1) is 11.0. The molecule has 0 fully saturated rings. The number of hydrogen-bond donors (Lipinski definition) is 3. The van der Waals surface area contributed by atoms with Gasteiger partial charge in [0.2, 0.25) is 5.91 Å². The summed E-state index contributed by atoms with van der Waals surface area (Å²) in [7, 11) is 0. The van der Waals surface area contributed by atoms with Crippen LogP contribution in [0.1, 0.15) is 17.2 Å². The van der Waals surface area contributed by atoms with Crippen LogP contribution in [0.15, 0.2) is 54.6 Å². The molecule has 0 aliphatic carbocycles. The van der Waals surface area contributed by atoms with Gasteiger partial charge in [0.15, 0.2) is 6.10 Å². The van der Waals surface area contributed by atoms with E-state index in [0.29, 0.717) is 5.56 Å². The molecular weight excluding hydrogens is 407 g/mol. The van der Waals surface area contributed by atoms with Crippen LogP contribution in [0.5, 0.6) is 0 Å². The van der Waals surface area contributed by atoms with E-state index in [4.69, 9.17) is 5.73 Å². The molecule has 0 aromatic heterocycles. The van der Waals surface area contributed by atoms with E-state index in [2.05, 4.69) is 27.9 Å². The van der Waals surface area contributed by atoms with Crippen LogP contribution >= 0.6 is 22.6 Å². The van der Waals surface area contributed by atoms with Crippen molar-refractivity contribution in [3.05, 3.63) is 69.3 Å². The van der Waals surface area contributed by atoms with Crippen molar-refractivity contribution in [3.8, 4) is 0 Å². The average molecular weight is 424 g/mol. The average Bonchev–Trinajstić information content (AvgIpc) is 2.54. The number of nitrogens with two attached hydrogens (primary N) is 1. The molecule has 0 saturated carbocycles. The van der Waals surface area contributed by atoms with E-state index in [-0.39, 0.29) is 6.42 Å². The van der Waals surface area contributed by atoms with Gasteiger partial charge in [0, 0.05) is 9.99 Å². The molecule has 120 valence electrons. The minimum absolute atomic E-state index is 0.277. The van der Waals surface area contributed by atoms with Gasteiger partial charge in [-0.2, -0.15) is 0 Å². The molecule has 2 atom stereocenters. The molecule has 2 rings (SSSR count). The largest absolute Gasteiger partial charge is 0.378 e. The number of primary amides is 1. The highest BCUT2D eigenvalue weighted by atomic mass is 127. The minimum atomic E-state index is -1.34. The first-order valence-electron chi connectivity index (χ1n) is 7.04. The summed E-state index contributed by atoms with van der Waals surface area (Å²) in [6.07, 6.45) is -1.06. The van der Waals surface area contributed by atoms with Gasteiger partial charge in [-0.3, -0.25) is 9.59 Å². The van der Waals surface area contributed by atoms with Crippen molar-refractivity contribution in [2.24, 2.45) is 5.73 Å². The monoisotopic (exact) mass is 424 g/mol. The Balaban J connectivity index is 2.07. The third kappa shape index (κ3) is 5.04. The number of carbonyl (C=O) groups is 2. The van der Waals surface area contributed by atoms with Gasteiger partial charge < -0.3 is 16.2 Å². The smallest absolute Gasteiger partial charge is 0.254 e. The highest BCUT2D eigenvalue weighted by molar-refractivity contribution is 14.1. The Labute approximate surface area is 148 Å². The number of nitrogens with one attached hydrogen (secondary N) is 1. The highest BCUT2D eigenvalue weighted by Crippen LogP contribution is 2.14. The van der Waals surface area contributed by atoms with Gasteiger partial charge in [-0.05, 0) is 45.9 Å². The first-order valence-corrected chi connectivity index (χ1v) is 8.12. The molecule has 2 aromatic carbocycles. The molecule has 0 heterocycles. The van der Waals surface area contributed by atoms with Crippen LogP contribution < -0.4 is 11.1 Å². The topological polar surface area (TPSA) is 92.4 Å². The molecule has 0 bridgehead atoms. The summed E-state index contributed by atoms with van der Waals surface area (Å²) in [6, 6.07) is 15.2. The predicted molar refractivity (Wildman–Crippen MR) is 95.4 cm³/mol. The summed E-state index contributed by atoms with van der Waals surface area (Å²) in [6.45, 7) is 0. The van der Waals surface area contributed by atoms with Gasteiger partial charge in [-0.25, -0.2) is 0 Å². The summed E-state index contributed by atoms with van der Waals surface area (Å²) in [5.74, 6) is -1.29. The molecule has 4 N–H and O–H groups in total. The lowest BCUT2D eigenvalue weighted by molar-refractivity contribution is -0.133. The molecule has 5 nitrogen and oxygen atoms in total. The lowest BCUT2D eigenvalue weighted by Gasteiger charge is -2.18. The predicted octanol–water partition coefficient (Wildman–Crippen LogP) is 1.54. The summed E-state index contributed by atoms with van der Waals surface area (Å²) >= 11 is 2.17. The Morgan fingerprint density at radius 2 is 1.83 bits per heavy atom. The highest BCUT2D eigenvalue weighted by Gasteiger charge is 2.24. The standard InChI is InChI=1S/C17H17IN2O3/c18-13-8-4-5-11(9-13)10-14(16(19)22)20-17(23)15(21)12-6-2-1-3-7-12/h1-9,14-15,21H,10H2,(H2,19,22)(H,20,23)/t14-,15+/m1/s1. The van der Waals surface area contributed by atoms with Crippen LogP contribution in [-0.4, -0.2) is 23.0 Å². The quantitative estimate of drug-likeness (QED) is 0.615. The van der Waals surface area contributed by atoms with Crippen molar-refractivity contribution >= 4 is 34.4 Å². The number of hydrogen-bond acceptors (Lipinski definition) is 3. The summed E-state index contributed by atoms with van der Waals surface area (Å²) in [4.78, 5) is 23.8. The second-order valence-corrected chi connectivity index (χ2v) is 6.36. The zero-order valence-electron chi connectivity index (χ0n) is 12.3. The van der Waals surface area contributed by atoms with Crippen LogP contribution in [0.25, 0.3) is 0 Å². The third-order valence-corrected chi connectivity index (χ3v) is 4.02. The van der Waals surface area contributed by atoms with Crippen LogP contribution in [0.3, 0.4) is 0 Å². The zero-order valence-corrected chi connectivity index (χ0v) is 14.4. The second-order valence-electron chi connectivity index (χ2n) is 5.11. The molecule has 0 aliphatic heterocycles. The molecule has 0 spiro atoms. The van der Waals surface area contributed by atoms with Crippen LogP contribution in [0, 0.1) is 3.57 Å². The summed E-state index contributed by atoms with van der Waals surface area (Å²) in [5.41, 5.74) is 6.72. The Bertz CT molecular complexity index is 691. The maximum absolute atomic E-state index is 12.1. The number of amides is 2. The SMILES string of the molecule is NC(=O)[C@@H](Cc1cccc(I)c1)NC(=O)[C@@H](O)c1ccccc1. The van der Waals surface area contributed by atoms with Gasteiger partial charge in [0.05, 0.1) is 0 Å². The normalized spacial score (nSPS) is 13.1. The van der Waals surface area contributed by atoms with Crippen LogP contribution in [0.4, 0.5) is 0 Å². The van der Waals surface area contributed by atoms with Gasteiger partial charge >= 0.3 is 0 Å². The van der Waals surface area contributed by atoms with Gasteiger partial charge in [0.1, 0.15) is 6.04 Å². The van der Waals surface area contributed by atoms with Crippen molar-refractivity contribution in [2.75, 3.05) is 0 Å². The number of aliphatic hydroxyl groups excluding tert-OH is 1. The van der Waals surface area contributed by atoms with E-state index >= 15 is 0 Å². The van der Waals surface area contributed by atoms with Gasteiger partial charge in [-0.1, -0.05) is 42.5 Å². The van der Waals surface area contributed by atoms with E-state index in [1.165, 1.54) is 0 Å². The summed E-state index contributed by atoms with van der Waals surface area (Å²) < 4.78 is 1.03. The molecule has 23 heavy (non-hydrogen) atoms. The van der Waals surface area contributed by atoms with Crippen molar-refractivity contribution in [1.29, 1.82) is 0 Å². The Morgan fingerprint density at radius 1 is 1.13 bits per heavy atom. The number of aliphatic hydroxyl groups is 1. The lowest BCUT2D eigenvalue weighted by Crippen LogP contribution is -2.47. The van der Waals surface area contributed by atoms with Gasteiger partial charge in [0.25, 0.3) is 5.91 Å². The molecule has 2 amide bonds.